The Balaban J connectivity index is 0.0000137. The van der Waals surface area contributed by atoms with Gasteiger partial charge < -0.3 is 64.4 Å². The second kappa shape index (κ2) is 44.2. The van der Waals surface area contributed by atoms with Gasteiger partial charge in [0, 0.05) is 156 Å². The number of aromatic nitrogens is 3. The van der Waals surface area contributed by atoms with Crippen molar-refractivity contribution in [2.75, 3.05) is 67.2 Å². The van der Waals surface area contributed by atoms with Gasteiger partial charge in [-0.1, -0.05) is 110 Å². The maximum atomic E-state index is 15.7. The van der Waals surface area contributed by atoms with E-state index < -0.39 is 114 Å². The van der Waals surface area contributed by atoms with Crippen LogP contribution < -0.4 is 61.9 Å². The Hall–Kier alpha value is -6.92. The zero-order chi connectivity index (χ0) is 82.8. The van der Waals surface area contributed by atoms with Crippen molar-refractivity contribution in [1.29, 1.82) is 0 Å². The molecule has 5 aliphatic rings. The number of hydrogen-bond donors (Lipinski definition) is 11. The second-order valence-corrected chi connectivity index (χ2v) is 37.9. The molecule has 28 heteroatoms. The Morgan fingerprint density at radius 1 is 0.661 bits per heavy atom. The average molecular weight is 1700 g/mol. The van der Waals surface area contributed by atoms with Gasteiger partial charge in [0.2, 0.25) is 35.4 Å². The van der Waals surface area contributed by atoms with Crippen molar-refractivity contribution in [1.82, 2.24) is 51.3 Å². The largest absolute Gasteiger partial charge is 1.00 e. The molecule has 0 unspecified atom stereocenters. The molecule has 0 saturated carbocycles. The number of phenols is 1. The molecule has 0 spiro atoms. The number of nitrogens with two attached hydrogens (primary N) is 1. The molecular weight excluding hydrogens is 1580 g/mol. The number of H-pyrrole nitrogens is 3. The molecule has 3 saturated heterocycles. The van der Waals surface area contributed by atoms with Crippen molar-refractivity contribution in [3.8, 4) is 5.75 Å². The van der Waals surface area contributed by atoms with Crippen molar-refractivity contribution >= 4 is 136 Å². The van der Waals surface area contributed by atoms with E-state index in [0.717, 1.165) is 114 Å². The zero-order valence-electron chi connectivity index (χ0n) is 69.0. The van der Waals surface area contributed by atoms with Gasteiger partial charge >= 0.3 is 29.6 Å². The van der Waals surface area contributed by atoms with Crippen LogP contribution in [0, 0.1) is 42.4 Å². The van der Waals surface area contributed by atoms with E-state index in [1.165, 1.54) is 57.6 Å². The van der Waals surface area contributed by atoms with Gasteiger partial charge in [0.15, 0.2) is 17.3 Å². The van der Waals surface area contributed by atoms with Gasteiger partial charge in [-0.2, -0.15) is 29.9 Å². The van der Waals surface area contributed by atoms with Crippen molar-refractivity contribution in [2.45, 2.75) is 204 Å². The molecule has 6 amide bonds. The van der Waals surface area contributed by atoms with Gasteiger partial charge in [-0.05, 0) is 178 Å². The topological polar surface area (TPSA) is 351 Å². The SMILES string of the molecule is [CH2-]CCC[C@@H]1CC(=O)[C@@H](Cc2c[nH]c3ccccc23)NC(=O)[C@H](Cc2ccc(O)cc2)CC(=O)[C@@H](NC(=O)[C@@H](CCCCNC(=O)CSC[C@@H]2C[C@@H]3c4cccc5[nH]cc(c45)C[C@H]3N(CCC)C2)CC(=O)CSC[C@@H]2C[C@@H]3c4cccc5[nH]cc(c45)C[C@H]3N(CCC)C2)CSSC[C@@H](C(=O)N[C@H](C(N)=O)[C@@H](C)O)CC(=O)[C@H](CC)NC1=O.[Na+]. The number of aromatic amines is 3. The number of aliphatic hydroxyl groups excluding tert-OH is 1. The summed E-state index contributed by atoms with van der Waals surface area (Å²) in [5, 5.41) is 39.2. The first-order valence-corrected chi connectivity index (χ1v) is 47.1. The summed E-state index contributed by atoms with van der Waals surface area (Å²) in [4.78, 5) is 162. The number of piperidine rings is 2. The van der Waals surface area contributed by atoms with Crippen LogP contribution in [0.15, 0.2) is 104 Å². The van der Waals surface area contributed by atoms with Crippen LogP contribution in [0.1, 0.15) is 169 Å². The molecular formula is C90H118N11NaO12S4. The number of aliphatic hydroxyl groups is 1. The smallest absolute Gasteiger partial charge is 0.508 e. The average Bonchev–Trinajstić information content (AvgIpc) is 1.50. The molecule has 2 aliphatic carbocycles. The predicted molar refractivity (Wildman–Crippen MR) is 468 cm³/mol. The molecule has 4 aromatic carbocycles. The van der Waals surface area contributed by atoms with E-state index in [0.29, 0.717) is 84.9 Å². The van der Waals surface area contributed by atoms with Crippen LogP contribution in [0.5, 0.6) is 5.75 Å². The number of primary amides is 1. The predicted octanol–water partition coefficient (Wildman–Crippen LogP) is 8.18. The number of para-hydroxylation sites is 1. The van der Waals surface area contributed by atoms with Crippen LogP contribution in [-0.4, -0.2) is 203 Å². The Kier molecular flexibility index (Phi) is 34.4. The first kappa shape index (κ1) is 91.8. The fourth-order valence-electron chi connectivity index (χ4n) is 18.7. The van der Waals surface area contributed by atoms with Gasteiger partial charge in [0.05, 0.1) is 41.7 Å². The van der Waals surface area contributed by atoms with Gasteiger partial charge in [-0.3, -0.25) is 57.7 Å². The minimum atomic E-state index is -1.53. The first-order chi connectivity index (χ1) is 56.6. The maximum Gasteiger partial charge on any atom is 1.00 e. The number of nitrogens with one attached hydrogen (secondary N) is 8. The number of nitrogens with zero attached hydrogens (tertiary/aromatic N) is 2. The number of rotatable bonds is 33. The summed E-state index contributed by atoms with van der Waals surface area (Å²) in [5.74, 6) is -6.51. The van der Waals surface area contributed by atoms with E-state index in [1.807, 2.05) is 24.3 Å². The molecule has 118 heavy (non-hydrogen) atoms. The number of hydrogen-bond acceptors (Lipinski definition) is 18. The maximum absolute atomic E-state index is 15.7. The standard InChI is InChI=1S/C90H118N11O12S4.Na/c1-6-10-17-58-39-80(106)75(36-60-42-93-72-22-12-11-19-66(60)72)97-89(112)59(32-54-25-27-64(103)28-26-54)40-81(107)76(51-117-116-49-63(41-79(105)71(9-4)96-88(58)111)90(113)99-85(53(5)102)86(91)109)98-87(110)57(35-65(104)50-114-47-55-33-69-67-20-15-23-73-83(67)61(43-94-73)37-77(69)100(45-55)30-7-2)18-13-14-29-92-82(108)52-115-48-56-34-70-68-21-16-24-74-84(68)62(44-95-74)38-78(70)101(46-56)31-8-3;/h11-12,15-16,19-28,42-44,53,55-59,63,69-71,75-78,85,93-95,102-103H,1,6-10,13-14,17-18,29-41,45-52H2,2-5H3,(H2,91,109)(H,92,108)(H,96,111)(H,97,112)(H,98,110)(H,99,113);/q-1;+1/t53-,55-,56-,57+,58-,59-,63+,69-,70-,71+,75-,76+,77-,78-,85+;/m1./s1. The molecule has 15 atom stereocenters. The van der Waals surface area contributed by atoms with E-state index >= 15 is 19.2 Å². The number of carbonyl (C=O) groups is 10. The van der Waals surface area contributed by atoms with Crippen LogP contribution in [-0.2, 0) is 73.6 Å². The second-order valence-electron chi connectivity index (χ2n) is 33.3. The number of unbranched alkanes of at least 4 members (excludes halogenated alkanes) is 2. The van der Waals surface area contributed by atoms with Crippen molar-refractivity contribution < 1.29 is 87.7 Å². The number of ketones is 4. The molecule has 0 bridgehead atoms. The molecule has 7 aromatic rings. The number of Topliss-reactive ketones (excluding diaryl/α,β-unsaturated/α-hetero) is 4. The van der Waals surface area contributed by atoms with E-state index in [4.69, 9.17) is 5.73 Å². The summed E-state index contributed by atoms with van der Waals surface area (Å²) in [6.07, 6.45) is 11.6. The fraction of sp³-hybridized carbons (Fsp3) is 0.544. The fourth-order valence-corrected chi connectivity index (χ4v) is 23.2. The van der Waals surface area contributed by atoms with Crippen molar-refractivity contribution in [2.24, 2.45) is 41.2 Å². The van der Waals surface area contributed by atoms with E-state index in [1.54, 1.807) is 48.8 Å². The summed E-state index contributed by atoms with van der Waals surface area (Å²) in [5.41, 5.74) is 15.6. The minimum Gasteiger partial charge on any atom is -0.508 e. The third-order valence-electron chi connectivity index (χ3n) is 24.7. The number of thioether (sulfide) groups is 2. The number of phenolic OH excluding ortho intramolecular Hbond substituents is 1. The molecule has 3 fully saturated rings. The summed E-state index contributed by atoms with van der Waals surface area (Å²) in [6, 6.07) is 22.5. The molecule has 630 valence electrons. The Morgan fingerprint density at radius 3 is 1.86 bits per heavy atom. The Bertz CT molecular complexity index is 4630. The monoisotopic (exact) mass is 1700 g/mol. The van der Waals surface area contributed by atoms with Crippen LogP contribution in [0.25, 0.3) is 32.7 Å². The van der Waals surface area contributed by atoms with Gasteiger partial charge in [0.25, 0.3) is 0 Å². The van der Waals surface area contributed by atoms with E-state index in [-0.39, 0.29) is 109 Å². The van der Waals surface area contributed by atoms with Crippen LogP contribution >= 0.6 is 45.1 Å². The number of carbonyl (C=O) groups excluding carboxylic acids is 10. The summed E-state index contributed by atoms with van der Waals surface area (Å²) in [6.45, 7) is 15.6. The van der Waals surface area contributed by atoms with Gasteiger partial charge in [0.1, 0.15) is 17.6 Å². The summed E-state index contributed by atoms with van der Waals surface area (Å²) < 4.78 is 0. The quantitative estimate of drug-likeness (QED) is 0.00799. The molecule has 6 heterocycles. The number of fused-ring (bicyclic) bond motifs is 5. The van der Waals surface area contributed by atoms with Crippen LogP contribution in [0.2, 0.25) is 0 Å². The Labute approximate surface area is 731 Å². The normalized spacial score (nSPS) is 24.5. The van der Waals surface area contributed by atoms with Crippen LogP contribution in [0.3, 0.4) is 0 Å². The van der Waals surface area contributed by atoms with Gasteiger partial charge in [-0.15, -0.1) is 0 Å². The van der Waals surface area contributed by atoms with Gasteiger partial charge in [-0.25, -0.2) is 0 Å². The summed E-state index contributed by atoms with van der Waals surface area (Å²) >= 11 is 3.24. The number of benzene rings is 4. The third kappa shape index (κ3) is 23.7. The molecule has 0 radical (unpaired) electrons. The molecule has 3 aromatic heterocycles. The molecule has 23 nitrogen and oxygen atoms in total. The minimum absolute atomic E-state index is 0. The zero-order valence-corrected chi connectivity index (χ0v) is 74.2. The van der Waals surface area contributed by atoms with Crippen LogP contribution in [0.4, 0.5) is 0 Å². The van der Waals surface area contributed by atoms with E-state index in [2.05, 4.69) is 121 Å². The number of aromatic hydroxyl groups is 1. The van der Waals surface area contributed by atoms with E-state index in [9.17, 15) is 39.0 Å². The summed E-state index contributed by atoms with van der Waals surface area (Å²) in [7, 11) is 2.23. The van der Waals surface area contributed by atoms with Crippen molar-refractivity contribution in [3.63, 3.8) is 0 Å². The number of likely N-dealkylation sites (tertiary alicyclic amines) is 2. The Morgan fingerprint density at radius 2 is 1.25 bits per heavy atom. The van der Waals surface area contributed by atoms with Crippen molar-refractivity contribution in [3.05, 3.63) is 144 Å². The molecule has 12 N–H and O–H groups in total. The molecule has 12 rings (SSSR count). The number of amides is 6. The first-order valence-electron chi connectivity index (χ1n) is 42.3. The molecule has 3 aliphatic heterocycles. The third-order valence-corrected chi connectivity index (χ3v) is 29.6.